The first-order valence-corrected chi connectivity index (χ1v) is 26.3. The van der Waals surface area contributed by atoms with Crippen molar-refractivity contribution in [3.8, 4) is 22.3 Å². The van der Waals surface area contributed by atoms with Crippen LogP contribution < -0.4 is 20.7 Å². The Morgan fingerprint density at radius 1 is 0.295 bits per heavy atom. The standard InChI is InChI=1S/C56H48S4Si/c1-55(2,3)45-33-31-39(35-43(45)41-23-17-29-51-53(41)59-49-27-15-13-25-47(49)57-51)61(37-19-9-7-10-20-37,38-21-11-8-12-22-38)40-32-34-46(56(4,5)6)44(36-40)42-24-18-30-52-54(42)60-50-28-16-14-26-48(50)58-52/h7-36H,1-6H3. The molecule has 0 amide bonds. The molecular formula is C56H48S4Si. The van der Waals surface area contributed by atoms with Gasteiger partial charge in [-0.1, -0.05) is 234 Å². The van der Waals surface area contributed by atoms with Crippen molar-refractivity contribution in [2.45, 2.75) is 91.5 Å². The average molecular weight is 877 g/mol. The number of hydrogen-bond acceptors (Lipinski definition) is 4. The lowest BCUT2D eigenvalue weighted by Gasteiger charge is -2.37. The molecule has 0 atom stereocenters. The predicted octanol–water partition coefficient (Wildman–Crippen LogP) is 14.2. The molecule has 0 bridgehead atoms. The van der Waals surface area contributed by atoms with Crippen LogP contribution in [-0.2, 0) is 10.8 Å². The van der Waals surface area contributed by atoms with Crippen LogP contribution in [0, 0.1) is 0 Å². The van der Waals surface area contributed by atoms with Crippen LogP contribution in [0.2, 0.25) is 0 Å². The highest BCUT2D eigenvalue weighted by molar-refractivity contribution is 8.05. The van der Waals surface area contributed by atoms with Gasteiger partial charge in [0.1, 0.15) is 0 Å². The van der Waals surface area contributed by atoms with Crippen LogP contribution >= 0.6 is 47.0 Å². The fraction of sp³-hybridized carbons (Fsp3) is 0.143. The van der Waals surface area contributed by atoms with Crippen molar-refractivity contribution in [1.82, 2.24) is 0 Å². The Balaban J connectivity index is 1.26. The van der Waals surface area contributed by atoms with E-state index in [1.165, 1.54) is 93.3 Å². The van der Waals surface area contributed by atoms with Gasteiger partial charge >= 0.3 is 0 Å². The number of hydrogen-bond donors (Lipinski definition) is 0. The zero-order valence-corrected chi connectivity index (χ0v) is 39.7. The summed E-state index contributed by atoms with van der Waals surface area (Å²) >= 11 is 7.64. The zero-order valence-electron chi connectivity index (χ0n) is 35.5. The molecule has 10 rings (SSSR count). The molecule has 2 aliphatic heterocycles. The maximum atomic E-state index is 2.61. The first-order valence-electron chi connectivity index (χ1n) is 21.1. The number of benzene rings is 8. The van der Waals surface area contributed by atoms with E-state index in [9.17, 15) is 0 Å². The molecule has 300 valence electrons. The van der Waals surface area contributed by atoms with E-state index in [1.54, 1.807) is 0 Å². The Kier molecular flexibility index (Phi) is 10.6. The molecule has 8 aromatic carbocycles. The topological polar surface area (TPSA) is 0 Å². The van der Waals surface area contributed by atoms with Crippen molar-refractivity contribution < 1.29 is 0 Å². The first kappa shape index (κ1) is 40.4. The van der Waals surface area contributed by atoms with Gasteiger partial charge in [0.05, 0.1) is 0 Å². The predicted molar refractivity (Wildman–Crippen MR) is 268 cm³/mol. The lowest BCUT2D eigenvalue weighted by atomic mass is 9.82. The van der Waals surface area contributed by atoms with Crippen molar-refractivity contribution in [1.29, 1.82) is 0 Å². The molecule has 0 saturated carbocycles. The Hall–Kier alpha value is -4.62. The molecule has 0 unspecified atom stereocenters. The van der Waals surface area contributed by atoms with Crippen LogP contribution in [0.5, 0.6) is 0 Å². The van der Waals surface area contributed by atoms with Gasteiger partial charge in [-0.3, -0.25) is 0 Å². The second-order valence-corrected chi connectivity index (χ2v) is 26.2. The van der Waals surface area contributed by atoms with Crippen molar-refractivity contribution in [3.05, 3.63) is 193 Å². The minimum Gasteiger partial charge on any atom is -0.0877 e. The Bertz CT molecular complexity index is 2740. The van der Waals surface area contributed by atoms with Gasteiger partial charge in [0.25, 0.3) is 0 Å². The minimum absolute atomic E-state index is 0.0765. The summed E-state index contributed by atoms with van der Waals surface area (Å²) in [6.07, 6.45) is 0. The van der Waals surface area contributed by atoms with Gasteiger partial charge in [-0.15, -0.1) is 0 Å². The molecule has 8 aromatic rings. The van der Waals surface area contributed by atoms with E-state index >= 15 is 0 Å². The molecule has 0 saturated heterocycles. The third kappa shape index (κ3) is 7.26. The summed E-state index contributed by atoms with van der Waals surface area (Å²) in [5, 5.41) is 5.55. The van der Waals surface area contributed by atoms with E-state index in [0.29, 0.717) is 0 Å². The van der Waals surface area contributed by atoms with Gasteiger partial charge in [-0.05, 0) is 101 Å². The lowest BCUT2D eigenvalue weighted by Crippen LogP contribution is -2.74. The minimum atomic E-state index is -3.00. The maximum Gasteiger partial charge on any atom is 0.179 e. The second kappa shape index (κ2) is 15.9. The van der Waals surface area contributed by atoms with E-state index in [1.807, 2.05) is 47.0 Å². The van der Waals surface area contributed by atoms with E-state index in [0.717, 1.165) is 0 Å². The highest BCUT2D eigenvalue weighted by atomic mass is 32.2. The smallest absolute Gasteiger partial charge is 0.0877 e. The molecule has 0 aliphatic carbocycles. The van der Waals surface area contributed by atoms with Gasteiger partial charge in [-0.25, -0.2) is 0 Å². The maximum absolute atomic E-state index is 3.00. The van der Waals surface area contributed by atoms with E-state index in [4.69, 9.17) is 0 Å². The summed E-state index contributed by atoms with van der Waals surface area (Å²) in [5.74, 6) is 0. The summed E-state index contributed by atoms with van der Waals surface area (Å²) < 4.78 is 0. The normalized spacial score (nSPS) is 13.5. The summed E-state index contributed by atoms with van der Waals surface area (Å²) in [7, 11) is -3.00. The monoisotopic (exact) mass is 876 g/mol. The Morgan fingerprint density at radius 2 is 0.639 bits per heavy atom. The van der Waals surface area contributed by atoms with Gasteiger partial charge < -0.3 is 0 Å². The fourth-order valence-electron chi connectivity index (χ4n) is 9.21. The molecule has 61 heavy (non-hydrogen) atoms. The highest BCUT2D eigenvalue weighted by Crippen LogP contribution is 2.54. The first-order chi connectivity index (χ1) is 29.5. The fourth-order valence-corrected chi connectivity index (χ4v) is 18.8. The molecule has 0 radical (unpaired) electrons. The quantitative estimate of drug-likeness (QED) is 0.120. The molecule has 0 aromatic heterocycles. The SMILES string of the molecule is CC(C)(C)c1ccc([Si](c2ccccc2)(c2ccccc2)c2ccc(C(C)(C)C)c(-c3cccc4c3Sc3ccccc3S4)c2)cc1-c1cccc2c1Sc1ccccc1S2. The van der Waals surface area contributed by atoms with Crippen LogP contribution in [-0.4, -0.2) is 8.07 Å². The summed E-state index contributed by atoms with van der Waals surface area (Å²) in [6, 6.07) is 69.6. The van der Waals surface area contributed by atoms with Crippen LogP contribution in [0.3, 0.4) is 0 Å². The molecule has 5 heteroatoms. The third-order valence-electron chi connectivity index (χ3n) is 12.0. The largest absolute Gasteiger partial charge is 0.179 e. The molecule has 2 heterocycles. The zero-order chi connectivity index (χ0) is 41.9. The second-order valence-electron chi connectivity index (χ2n) is 18.1. The van der Waals surface area contributed by atoms with Gasteiger partial charge in [0, 0.05) is 39.2 Å². The van der Waals surface area contributed by atoms with Crippen LogP contribution in [0.25, 0.3) is 22.3 Å². The van der Waals surface area contributed by atoms with E-state index in [-0.39, 0.29) is 10.8 Å². The molecule has 0 nitrogen and oxygen atoms in total. The summed E-state index contributed by atoms with van der Waals surface area (Å²) in [4.78, 5) is 10.7. The number of fused-ring (bicyclic) bond motifs is 4. The molecule has 0 fully saturated rings. The Labute approximate surface area is 380 Å². The lowest BCUT2D eigenvalue weighted by molar-refractivity contribution is 0.591. The van der Waals surface area contributed by atoms with Gasteiger partial charge in [0.15, 0.2) is 8.07 Å². The van der Waals surface area contributed by atoms with Crippen LogP contribution in [0.1, 0.15) is 52.7 Å². The molecular weight excluding hydrogens is 829 g/mol. The van der Waals surface area contributed by atoms with Gasteiger partial charge in [-0.2, -0.15) is 0 Å². The average Bonchev–Trinajstić information content (AvgIpc) is 3.27. The van der Waals surface area contributed by atoms with Crippen molar-refractivity contribution in [2.75, 3.05) is 0 Å². The highest BCUT2D eigenvalue weighted by Gasteiger charge is 2.43. The van der Waals surface area contributed by atoms with E-state index in [2.05, 4.69) is 224 Å². The third-order valence-corrected chi connectivity index (χ3v) is 22.0. The van der Waals surface area contributed by atoms with Crippen LogP contribution in [0.4, 0.5) is 0 Å². The van der Waals surface area contributed by atoms with Crippen LogP contribution in [0.15, 0.2) is 221 Å². The van der Waals surface area contributed by atoms with Gasteiger partial charge in [0.2, 0.25) is 0 Å². The Morgan fingerprint density at radius 3 is 1.02 bits per heavy atom. The number of rotatable bonds is 6. The molecule has 0 N–H and O–H groups in total. The van der Waals surface area contributed by atoms with Crippen molar-refractivity contribution in [2.24, 2.45) is 0 Å². The van der Waals surface area contributed by atoms with Crippen molar-refractivity contribution >= 4 is 75.9 Å². The summed E-state index contributed by atoms with van der Waals surface area (Å²) in [6.45, 7) is 14.2. The molecule has 2 aliphatic rings. The van der Waals surface area contributed by atoms with Crippen molar-refractivity contribution in [3.63, 3.8) is 0 Å². The molecule has 0 spiro atoms. The van der Waals surface area contributed by atoms with E-state index < -0.39 is 8.07 Å². The summed E-state index contributed by atoms with van der Waals surface area (Å²) in [5.41, 5.74) is 7.87.